The number of methoxy groups -OCH3 is 1. The largest absolute Gasteiger partial charge is 0.493 e. The monoisotopic (exact) mass is 376 g/mol. The van der Waals surface area contributed by atoms with Crippen molar-refractivity contribution in [2.75, 3.05) is 40.3 Å². The predicted molar refractivity (Wildman–Crippen MR) is 112 cm³/mol. The van der Waals surface area contributed by atoms with E-state index >= 15 is 0 Å². The number of hydrogen-bond acceptors (Lipinski definition) is 4. The van der Waals surface area contributed by atoms with Crippen LogP contribution >= 0.6 is 0 Å². The number of ether oxygens (including phenoxy) is 2. The van der Waals surface area contributed by atoms with Gasteiger partial charge in [0.25, 0.3) is 0 Å². The van der Waals surface area contributed by atoms with E-state index in [0.29, 0.717) is 18.5 Å². The van der Waals surface area contributed by atoms with Gasteiger partial charge < -0.3 is 20.1 Å². The van der Waals surface area contributed by atoms with Crippen molar-refractivity contribution in [2.24, 2.45) is 10.9 Å². The van der Waals surface area contributed by atoms with Crippen molar-refractivity contribution in [1.29, 1.82) is 0 Å². The summed E-state index contributed by atoms with van der Waals surface area (Å²) in [6.45, 7) is 10.6. The molecule has 1 aliphatic heterocycles. The van der Waals surface area contributed by atoms with E-state index in [9.17, 15) is 0 Å². The maximum absolute atomic E-state index is 6.00. The number of nitrogens with one attached hydrogen (secondary N) is 2. The first-order chi connectivity index (χ1) is 13.0. The third kappa shape index (κ3) is 6.61. The highest BCUT2D eigenvalue weighted by Gasteiger charge is 2.24. The van der Waals surface area contributed by atoms with E-state index in [1.165, 1.54) is 25.9 Å². The van der Waals surface area contributed by atoms with E-state index in [2.05, 4.69) is 34.4 Å². The summed E-state index contributed by atoms with van der Waals surface area (Å²) in [6.07, 6.45) is 2.61. The van der Waals surface area contributed by atoms with Crippen LogP contribution in [-0.4, -0.2) is 63.3 Å². The molecule has 0 bridgehead atoms. The van der Waals surface area contributed by atoms with E-state index in [0.717, 1.165) is 24.0 Å². The summed E-state index contributed by atoms with van der Waals surface area (Å²) in [6, 6.07) is 8.24. The molecule has 2 N–H and O–H groups in total. The van der Waals surface area contributed by atoms with Crippen LogP contribution in [0, 0.1) is 5.92 Å². The first-order valence-corrected chi connectivity index (χ1v) is 10.0. The molecule has 1 heterocycles. The van der Waals surface area contributed by atoms with Gasteiger partial charge in [0, 0.05) is 19.6 Å². The van der Waals surface area contributed by atoms with Gasteiger partial charge >= 0.3 is 0 Å². The fourth-order valence-electron chi connectivity index (χ4n) is 3.50. The summed E-state index contributed by atoms with van der Waals surface area (Å²) in [4.78, 5) is 6.95. The number of benzene rings is 1. The minimum absolute atomic E-state index is 0.0145. The highest BCUT2D eigenvalue weighted by Crippen LogP contribution is 2.26. The Bertz CT molecular complexity index is 585. The Morgan fingerprint density at radius 1 is 1.07 bits per heavy atom. The summed E-state index contributed by atoms with van der Waals surface area (Å²) in [5, 5.41) is 6.85. The molecule has 152 valence electrons. The van der Waals surface area contributed by atoms with Gasteiger partial charge in [-0.3, -0.25) is 9.89 Å². The second-order valence-electron chi connectivity index (χ2n) is 7.47. The Morgan fingerprint density at radius 3 is 2.30 bits per heavy atom. The number of rotatable bonds is 9. The molecular formula is C21H36N4O2. The molecule has 1 aromatic rings. The lowest BCUT2D eigenvalue weighted by atomic mass is 10.0. The number of guanidine groups is 1. The molecule has 0 aromatic heterocycles. The highest BCUT2D eigenvalue weighted by molar-refractivity contribution is 5.79. The summed E-state index contributed by atoms with van der Waals surface area (Å²) >= 11 is 0. The van der Waals surface area contributed by atoms with Crippen LogP contribution < -0.4 is 20.1 Å². The van der Waals surface area contributed by atoms with Gasteiger partial charge in [-0.1, -0.05) is 26.0 Å². The Kier molecular flexibility index (Phi) is 8.72. The summed E-state index contributed by atoms with van der Waals surface area (Å²) < 4.78 is 11.3. The van der Waals surface area contributed by atoms with E-state index in [1.807, 2.05) is 31.2 Å². The number of aliphatic imine (C=N–C) groups is 1. The molecule has 2 atom stereocenters. The van der Waals surface area contributed by atoms with E-state index in [1.54, 1.807) is 14.2 Å². The zero-order chi connectivity index (χ0) is 19.6. The highest BCUT2D eigenvalue weighted by atomic mass is 16.5. The standard InChI is InChI=1S/C21H36N4O2/c1-16(2)18(25-12-8-9-13-25)15-24-21(22-4)23-14-17(3)27-20-11-7-6-10-19(20)26-5/h6-7,10-11,16-18H,8-9,12-15H2,1-5H3,(H2,22,23,24). The predicted octanol–water partition coefficient (Wildman–Crippen LogP) is 2.75. The van der Waals surface area contributed by atoms with Crippen molar-refractivity contribution < 1.29 is 9.47 Å². The molecule has 0 amide bonds. The lowest BCUT2D eigenvalue weighted by molar-refractivity contribution is 0.191. The van der Waals surface area contributed by atoms with Crippen LogP contribution in [0.1, 0.15) is 33.6 Å². The van der Waals surface area contributed by atoms with E-state index in [4.69, 9.17) is 9.47 Å². The number of likely N-dealkylation sites (tertiary alicyclic amines) is 1. The van der Waals surface area contributed by atoms with Gasteiger partial charge in [-0.05, 0) is 50.9 Å². The second kappa shape index (κ2) is 11.0. The molecule has 0 spiro atoms. The Morgan fingerprint density at radius 2 is 1.70 bits per heavy atom. The fourth-order valence-corrected chi connectivity index (χ4v) is 3.50. The first-order valence-electron chi connectivity index (χ1n) is 10.0. The minimum atomic E-state index is -0.0145. The third-order valence-electron chi connectivity index (χ3n) is 5.04. The Labute approximate surface area is 164 Å². The zero-order valence-corrected chi connectivity index (χ0v) is 17.5. The van der Waals surface area contributed by atoms with Crippen molar-refractivity contribution in [3.63, 3.8) is 0 Å². The smallest absolute Gasteiger partial charge is 0.191 e. The van der Waals surface area contributed by atoms with Crippen molar-refractivity contribution in [1.82, 2.24) is 15.5 Å². The maximum atomic E-state index is 6.00. The molecule has 27 heavy (non-hydrogen) atoms. The molecule has 1 aliphatic rings. The van der Waals surface area contributed by atoms with Gasteiger partial charge in [-0.2, -0.15) is 0 Å². The molecule has 6 heteroatoms. The molecule has 2 rings (SSSR count). The molecule has 6 nitrogen and oxygen atoms in total. The van der Waals surface area contributed by atoms with Crippen molar-refractivity contribution in [3.8, 4) is 11.5 Å². The maximum Gasteiger partial charge on any atom is 0.191 e. The normalized spacial score (nSPS) is 17.6. The average Bonchev–Trinajstić information content (AvgIpc) is 3.19. The van der Waals surface area contributed by atoms with E-state index < -0.39 is 0 Å². The quantitative estimate of drug-likeness (QED) is 0.513. The van der Waals surface area contributed by atoms with Crippen molar-refractivity contribution in [2.45, 2.75) is 45.8 Å². The van der Waals surface area contributed by atoms with Gasteiger partial charge in [-0.25, -0.2) is 0 Å². The molecular weight excluding hydrogens is 340 g/mol. The Balaban J connectivity index is 1.80. The third-order valence-corrected chi connectivity index (χ3v) is 5.04. The van der Waals surface area contributed by atoms with Crippen LogP contribution in [-0.2, 0) is 0 Å². The topological polar surface area (TPSA) is 58.1 Å². The SMILES string of the molecule is CN=C(NCC(C)Oc1ccccc1OC)NCC(C(C)C)N1CCCC1. The lowest BCUT2D eigenvalue weighted by Crippen LogP contribution is -2.49. The molecule has 2 unspecified atom stereocenters. The number of hydrogen-bond donors (Lipinski definition) is 2. The summed E-state index contributed by atoms with van der Waals surface area (Å²) in [5.41, 5.74) is 0. The lowest BCUT2D eigenvalue weighted by Gasteiger charge is -2.31. The molecule has 0 saturated carbocycles. The van der Waals surface area contributed by atoms with Gasteiger partial charge in [-0.15, -0.1) is 0 Å². The van der Waals surface area contributed by atoms with Crippen LogP contribution in [0.4, 0.5) is 0 Å². The van der Waals surface area contributed by atoms with Crippen molar-refractivity contribution >= 4 is 5.96 Å². The van der Waals surface area contributed by atoms with Gasteiger partial charge in [0.1, 0.15) is 6.10 Å². The van der Waals surface area contributed by atoms with E-state index in [-0.39, 0.29) is 6.10 Å². The first kappa shape index (κ1) is 21.4. The molecule has 1 saturated heterocycles. The van der Waals surface area contributed by atoms with Crippen LogP contribution in [0.2, 0.25) is 0 Å². The molecule has 1 fully saturated rings. The number of nitrogens with zero attached hydrogens (tertiary/aromatic N) is 2. The fraction of sp³-hybridized carbons (Fsp3) is 0.667. The average molecular weight is 377 g/mol. The molecule has 0 radical (unpaired) electrons. The van der Waals surface area contributed by atoms with Gasteiger partial charge in [0.05, 0.1) is 13.7 Å². The van der Waals surface area contributed by atoms with Crippen LogP contribution in [0.5, 0.6) is 11.5 Å². The summed E-state index contributed by atoms with van der Waals surface area (Å²) in [5.74, 6) is 2.93. The van der Waals surface area contributed by atoms with Gasteiger partial charge in [0.15, 0.2) is 17.5 Å². The van der Waals surface area contributed by atoms with Crippen LogP contribution in [0.3, 0.4) is 0 Å². The van der Waals surface area contributed by atoms with Crippen molar-refractivity contribution in [3.05, 3.63) is 24.3 Å². The molecule has 1 aromatic carbocycles. The Hall–Kier alpha value is -1.95. The summed E-state index contributed by atoms with van der Waals surface area (Å²) in [7, 11) is 3.46. The second-order valence-corrected chi connectivity index (χ2v) is 7.47. The minimum Gasteiger partial charge on any atom is -0.493 e. The van der Waals surface area contributed by atoms with Gasteiger partial charge in [0.2, 0.25) is 0 Å². The number of para-hydroxylation sites is 2. The van der Waals surface area contributed by atoms with Crippen LogP contribution in [0.25, 0.3) is 0 Å². The molecule has 0 aliphatic carbocycles. The van der Waals surface area contributed by atoms with Crippen LogP contribution in [0.15, 0.2) is 29.3 Å². The zero-order valence-electron chi connectivity index (χ0n) is 17.5.